The van der Waals surface area contributed by atoms with Gasteiger partial charge in [0.15, 0.2) is 0 Å². The Balaban J connectivity index is 1.27. The molecule has 2 aromatic carbocycles. The summed E-state index contributed by atoms with van der Waals surface area (Å²) in [5, 5.41) is 5.24. The molecule has 1 aliphatic heterocycles. The lowest BCUT2D eigenvalue weighted by atomic mass is 10.1. The molecule has 0 fully saturated rings. The van der Waals surface area contributed by atoms with Crippen molar-refractivity contribution in [3.8, 4) is 0 Å². The summed E-state index contributed by atoms with van der Waals surface area (Å²) in [6.45, 7) is 0.852. The van der Waals surface area contributed by atoms with Crippen LogP contribution in [-0.4, -0.2) is 48.3 Å². The van der Waals surface area contributed by atoms with Gasteiger partial charge in [0, 0.05) is 26.1 Å². The van der Waals surface area contributed by atoms with Gasteiger partial charge in [0.05, 0.1) is 11.1 Å². The summed E-state index contributed by atoms with van der Waals surface area (Å²) in [5.41, 5.74) is 1.69. The number of nitrogens with one attached hydrogen (secondary N) is 2. The lowest BCUT2D eigenvalue weighted by Gasteiger charge is -2.13. The minimum Gasteiger partial charge on any atom is -0.445 e. The zero-order chi connectivity index (χ0) is 21.3. The first-order chi connectivity index (χ1) is 14.6. The van der Waals surface area contributed by atoms with E-state index in [1.54, 1.807) is 24.3 Å². The molecule has 0 spiro atoms. The summed E-state index contributed by atoms with van der Waals surface area (Å²) in [5.74, 6) is -0.866. The van der Waals surface area contributed by atoms with E-state index >= 15 is 0 Å². The number of amides is 4. The van der Waals surface area contributed by atoms with E-state index in [2.05, 4.69) is 10.6 Å². The third kappa shape index (κ3) is 5.44. The number of hydrogen-bond acceptors (Lipinski definition) is 5. The zero-order valence-corrected chi connectivity index (χ0v) is 16.4. The summed E-state index contributed by atoms with van der Waals surface area (Å²) in [7, 11) is 0. The molecule has 0 aromatic heterocycles. The van der Waals surface area contributed by atoms with Gasteiger partial charge in [-0.25, -0.2) is 4.79 Å². The molecule has 3 rings (SSSR count). The van der Waals surface area contributed by atoms with Gasteiger partial charge < -0.3 is 15.4 Å². The van der Waals surface area contributed by atoms with Gasteiger partial charge in [0.2, 0.25) is 5.91 Å². The van der Waals surface area contributed by atoms with Gasteiger partial charge in [-0.1, -0.05) is 42.5 Å². The number of alkyl carbamates (subject to hydrolysis) is 1. The fourth-order valence-electron chi connectivity index (χ4n) is 3.07. The molecule has 156 valence electrons. The summed E-state index contributed by atoms with van der Waals surface area (Å²) >= 11 is 0. The van der Waals surface area contributed by atoms with E-state index in [-0.39, 0.29) is 50.4 Å². The Morgan fingerprint density at radius 1 is 0.833 bits per heavy atom. The Labute approximate surface area is 174 Å². The fraction of sp³-hybridized carbons (Fsp3) is 0.273. The minimum absolute atomic E-state index is 0.172. The smallest absolute Gasteiger partial charge is 0.407 e. The number of imide groups is 1. The molecule has 0 aliphatic carbocycles. The topological polar surface area (TPSA) is 105 Å². The highest BCUT2D eigenvalue weighted by molar-refractivity contribution is 6.21. The van der Waals surface area contributed by atoms with Gasteiger partial charge in [-0.05, 0) is 24.1 Å². The lowest BCUT2D eigenvalue weighted by molar-refractivity contribution is -0.121. The number of fused-ring (bicyclic) bond motifs is 1. The molecule has 2 N–H and O–H groups in total. The van der Waals surface area contributed by atoms with Crippen LogP contribution in [-0.2, 0) is 16.1 Å². The van der Waals surface area contributed by atoms with Gasteiger partial charge in [-0.2, -0.15) is 0 Å². The second kappa shape index (κ2) is 10.2. The number of hydrogen-bond donors (Lipinski definition) is 2. The molecule has 0 radical (unpaired) electrons. The minimum atomic E-state index is -0.557. The monoisotopic (exact) mass is 409 g/mol. The predicted octanol–water partition coefficient (Wildman–Crippen LogP) is 2.11. The number of ether oxygens (including phenoxy) is 1. The van der Waals surface area contributed by atoms with Crippen LogP contribution in [0.25, 0.3) is 0 Å². The molecular formula is C22H23N3O5. The third-order valence-corrected chi connectivity index (χ3v) is 4.59. The number of carbonyl (C=O) groups excluding carboxylic acids is 4. The molecule has 1 aliphatic rings. The first-order valence-corrected chi connectivity index (χ1v) is 9.72. The number of rotatable bonds is 9. The molecule has 0 bridgehead atoms. The first kappa shape index (κ1) is 21.0. The van der Waals surface area contributed by atoms with Crippen LogP contribution in [0.2, 0.25) is 0 Å². The molecule has 0 saturated heterocycles. The molecule has 8 heteroatoms. The summed E-state index contributed by atoms with van der Waals surface area (Å²) in [4.78, 5) is 49.2. The number of nitrogens with zero attached hydrogens (tertiary/aromatic N) is 1. The average molecular weight is 409 g/mol. The zero-order valence-electron chi connectivity index (χ0n) is 16.4. The van der Waals surface area contributed by atoms with Crippen LogP contribution in [0.4, 0.5) is 4.79 Å². The highest BCUT2D eigenvalue weighted by Crippen LogP contribution is 2.22. The van der Waals surface area contributed by atoms with Gasteiger partial charge in [0.1, 0.15) is 6.61 Å². The van der Waals surface area contributed by atoms with Gasteiger partial charge >= 0.3 is 6.09 Å². The van der Waals surface area contributed by atoms with Crippen LogP contribution in [0.1, 0.15) is 39.1 Å². The van der Waals surface area contributed by atoms with Crippen LogP contribution < -0.4 is 10.6 Å². The quantitative estimate of drug-likeness (QED) is 0.488. The van der Waals surface area contributed by atoms with E-state index in [1.165, 1.54) is 4.90 Å². The molecule has 4 amide bonds. The second-order valence-electron chi connectivity index (χ2n) is 6.75. The van der Waals surface area contributed by atoms with Crippen molar-refractivity contribution in [1.29, 1.82) is 0 Å². The summed E-state index contributed by atoms with van der Waals surface area (Å²) in [6.07, 6.45) is -0.0193. The van der Waals surface area contributed by atoms with E-state index in [0.29, 0.717) is 17.5 Å². The third-order valence-electron chi connectivity index (χ3n) is 4.59. The van der Waals surface area contributed by atoms with Crippen molar-refractivity contribution in [1.82, 2.24) is 15.5 Å². The molecule has 1 heterocycles. The van der Waals surface area contributed by atoms with Crippen LogP contribution in [0.3, 0.4) is 0 Å². The summed E-state index contributed by atoms with van der Waals surface area (Å²) < 4.78 is 5.07. The maximum Gasteiger partial charge on any atom is 0.407 e. The van der Waals surface area contributed by atoms with E-state index < -0.39 is 6.09 Å². The lowest BCUT2D eigenvalue weighted by Crippen LogP contribution is -2.35. The van der Waals surface area contributed by atoms with Crippen molar-refractivity contribution in [2.75, 3.05) is 19.6 Å². The van der Waals surface area contributed by atoms with Crippen molar-refractivity contribution in [2.24, 2.45) is 0 Å². The van der Waals surface area contributed by atoms with Crippen molar-refractivity contribution >= 4 is 23.8 Å². The predicted molar refractivity (Wildman–Crippen MR) is 109 cm³/mol. The number of benzene rings is 2. The highest BCUT2D eigenvalue weighted by atomic mass is 16.5. The van der Waals surface area contributed by atoms with E-state index in [9.17, 15) is 19.2 Å². The molecular weight excluding hydrogens is 386 g/mol. The van der Waals surface area contributed by atoms with Crippen LogP contribution in [0, 0.1) is 0 Å². The van der Waals surface area contributed by atoms with Gasteiger partial charge in [0.25, 0.3) is 11.8 Å². The Hall–Kier alpha value is -3.68. The highest BCUT2D eigenvalue weighted by Gasteiger charge is 2.34. The second-order valence-corrected chi connectivity index (χ2v) is 6.75. The van der Waals surface area contributed by atoms with Crippen LogP contribution >= 0.6 is 0 Å². The molecule has 8 nitrogen and oxygen atoms in total. The Morgan fingerprint density at radius 2 is 1.43 bits per heavy atom. The Morgan fingerprint density at radius 3 is 2.10 bits per heavy atom. The van der Waals surface area contributed by atoms with Crippen molar-refractivity contribution in [3.63, 3.8) is 0 Å². The van der Waals surface area contributed by atoms with Crippen LogP contribution in [0.5, 0.6) is 0 Å². The normalized spacial score (nSPS) is 12.5. The molecule has 30 heavy (non-hydrogen) atoms. The standard InChI is InChI=1S/C22H23N3O5/c26-19(23-12-13-24-22(29)30-15-16-7-2-1-3-8-16)11-6-14-25-20(27)17-9-4-5-10-18(17)21(25)28/h1-5,7-10H,6,11-15H2,(H,23,26)(H,24,29). The Kier molecular flexibility index (Phi) is 7.15. The van der Waals surface area contributed by atoms with Crippen LogP contribution in [0.15, 0.2) is 54.6 Å². The average Bonchev–Trinajstić information content (AvgIpc) is 3.01. The fourth-order valence-corrected chi connectivity index (χ4v) is 3.07. The van der Waals surface area contributed by atoms with E-state index in [0.717, 1.165) is 5.56 Å². The van der Waals surface area contributed by atoms with Gasteiger partial charge in [-0.3, -0.25) is 19.3 Å². The Bertz CT molecular complexity index is 894. The summed E-state index contributed by atoms with van der Waals surface area (Å²) in [6, 6.07) is 16.0. The maximum absolute atomic E-state index is 12.3. The van der Waals surface area contributed by atoms with E-state index in [4.69, 9.17) is 4.74 Å². The van der Waals surface area contributed by atoms with Crippen molar-refractivity contribution < 1.29 is 23.9 Å². The molecule has 0 unspecified atom stereocenters. The van der Waals surface area contributed by atoms with Crippen molar-refractivity contribution in [2.45, 2.75) is 19.4 Å². The largest absolute Gasteiger partial charge is 0.445 e. The van der Waals surface area contributed by atoms with Crippen molar-refractivity contribution in [3.05, 3.63) is 71.3 Å². The molecule has 0 saturated carbocycles. The molecule has 0 atom stereocenters. The maximum atomic E-state index is 12.3. The number of carbonyl (C=O) groups is 4. The molecule has 2 aromatic rings. The first-order valence-electron chi connectivity index (χ1n) is 9.72. The van der Waals surface area contributed by atoms with E-state index in [1.807, 2.05) is 30.3 Å². The van der Waals surface area contributed by atoms with Gasteiger partial charge in [-0.15, -0.1) is 0 Å². The SMILES string of the molecule is O=C(CCCN1C(=O)c2ccccc2C1=O)NCCNC(=O)OCc1ccccc1.